The Balaban J connectivity index is 2.31. The molecule has 0 bridgehead atoms. The number of amides is 10. The van der Waals surface area contributed by atoms with Crippen LogP contribution in [0.1, 0.15) is 104 Å². The molecule has 1 fully saturated rings. The number of thioether (sulfide) groups is 1. The van der Waals surface area contributed by atoms with E-state index in [4.69, 9.17) is 11.5 Å². The van der Waals surface area contributed by atoms with E-state index >= 15 is 0 Å². The van der Waals surface area contributed by atoms with Crippen LogP contribution in [0, 0.1) is 11.8 Å². The van der Waals surface area contributed by atoms with Gasteiger partial charge in [0.1, 0.15) is 48.0 Å². The third-order valence-corrected chi connectivity index (χ3v) is 12.7. The summed E-state index contributed by atoms with van der Waals surface area (Å²) in [5.41, 5.74) is 11.2. The van der Waals surface area contributed by atoms with Crippen molar-refractivity contribution in [2.75, 3.05) is 25.1 Å². The Kier molecular flexibility index (Phi) is 28.2. The fourth-order valence-electron chi connectivity index (χ4n) is 7.67. The average Bonchev–Trinajstić information content (AvgIpc) is 3.90. The third kappa shape index (κ3) is 24.2. The van der Waals surface area contributed by atoms with Crippen LogP contribution in [-0.2, 0) is 64.0 Å². The zero-order valence-electron chi connectivity index (χ0n) is 43.0. The number of benzene rings is 1. The second kappa shape index (κ2) is 33.0. The SMILES string of the molecule is CC[C@H](C)[C@H](NC(=O)[C@H](Cc1ccc(O)cc1)NC(=O)[C@@H]1CCCN1)C(=O)N[C@@H](CCC(=O)O)C(=O)N[C@@H](CCC(N)=O)C(=O)NCC(=O)N[C@@H](CCSC)C(=O)N[C@@H](CCC(N)=O)C(=O)N[C@@H](CC(C)C)C(=O)O. The highest BCUT2D eigenvalue weighted by molar-refractivity contribution is 7.98. The minimum atomic E-state index is -1.65. The number of carboxylic acids is 2. The van der Waals surface area contributed by atoms with Gasteiger partial charge < -0.3 is 74.6 Å². The van der Waals surface area contributed by atoms with Crippen molar-refractivity contribution < 1.29 is 72.9 Å². The first kappa shape index (κ1) is 64.1. The van der Waals surface area contributed by atoms with Crippen molar-refractivity contribution in [1.29, 1.82) is 0 Å². The van der Waals surface area contributed by atoms with Crippen molar-refractivity contribution in [3.8, 4) is 5.75 Å². The van der Waals surface area contributed by atoms with Gasteiger partial charge in [0, 0.05) is 25.7 Å². The van der Waals surface area contributed by atoms with Crippen molar-refractivity contribution in [1.82, 2.24) is 47.9 Å². The van der Waals surface area contributed by atoms with Gasteiger partial charge in [-0.25, -0.2) is 4.79 Å². The quantitative estimate of drug-likeness (QED) is 0.0335. The standard InChI is InChI=1S/C48H75N11O15S/c1-6-26(4)40(59-46(71)34(23-27-9-11-28(60)12-10-27)57-42(67)29-8-7-20-51-29)47(72)56-32(15-18-39(64)65)43(68)54-30(13-16-36(49)61)41(66)52-24-38(63)53-33(19-21-75-5)45(70)55-31(14-17-37(50)62)44(69)58-35(48(73)74)22-25(2)3/h9-12,25-26,29-35,40,51,60H,6-8,13-24H2,1-5H3,(H2,49,61)(H2,50,62)(H,52,66)(H,53,63)(H,54,68)(H,55,70)(H,56,72)(H,57,67)(H,58,69)(H,59,71)(H,64,65)(H,73,74)/t26-,29-,30-,31-,32-,33-,34-,35-,40-/m0/s1. The number of nitrogens with one attached hydrogen (secondary N) is 9. The molecule has 0 aromatic heterocycles. The molecule has 75 heavy (non-hydrogen) atoms. The molecule has 0 spiro atoms. The molecule has 1 aliphatic rings. The molecule has 26 nitrogen and oxygen atoms in total. The molecule has 1 heterocycles. The Labute approximate surface area is 439 Å². The Morgan fingerprint density at radius 2 is 1.16 bits per heavy atom. The monoisotopic (exact) mass is 1080 g/mol. The third-order valence-electron chi connectivity index (χ3n) is 12.1. The summed E-state index contributed by atoms with van der Waals surface area (Å²) in [6, 6.07) is -4.55. The maximum atomic E-state index is 14.1. The van der Waals surface area contributed by atoms with Gasteiger partial charge >= 0.3 is 11.9 Å². The topological polar surface area (TPSA) is 426 Å². The van der Waals surface area contributed by atoms with E-state index in [1.165, 1.54) is 23.9 Å². The number of carbonyl (C=O) groups excluding carboxylic acids is 10. The van der Waals surface area contributed by atoms with E-state index < -0.39 is 157 Å². The second-order valence-corrected chi connectivity index (χ2v) is 19.7. The molecule has 10 amide bonds. The minimum Gasteiger partial charge on any atom is -0.508 e. The molecular weight excluding hydrogens is 1000 g/mol. The van der Waals surface area contributed by atoms with Crippen LogP contribution in [0.15, 0.2) is 24.3 Å². The lowest BCUT2D eigenvalue weighted by molar-refractivity contribution is -0.143. The van der Waals surface area contributed by atoms with E-state index in [1.807, 2.05) is 0 Å². The molecular formula is C48H75N11O15S. The summed E-state index contributed by atoms with van der Waals surface area (Å²) in [4.78, 5) is 156. The molecule has 1 saturated heterocycles. The molecule has 2 rings (SSSR count). The van der Waals surface area contributed by atoms with Crippen molar-refractivity contribution >= 4 is 82.8 Å². The number of phenolic OH excluding ortho intramolecular Hbond substituents is 1. The van der Waals surface area contributed by atoms with Crippen molar-refractivity contribution in [3.05, 3.63) is 29.8 Å². The zero-order valence-corrected chi connectivity index (χ0v) is 43.8. The molecule has 27 heteroatoms. The number of hydrogen-bond acceptors (Lipinski definition) is 15. The van der Waals surface area contributed by atoms with Crippen molar-refractivity contribution in [3.63, 3.8) is 0 Å². The highest BCUT2D eigenvalue weighted by atomic mass is 32.2. The van der Waals surface area contributed by atoms with E-state index in [0.29, 0.717) is 30.7 Å². The van der Waals surface area contributed by atoms with Gasteiger partial charge in [-0.2, -0.15) is 11.8 Å². The lowest BCUT2D eigenvalue weighted by Gasteiger charge is -2.29. The van der Waals surface area contributed by atoms with Gasteiger partial charge in [0.15, 0.2) is 0 Å². The fourth-order valence-corrected chi connectivity index (χ4v) is 8.14. The van der Waals surface area contributed by atoms with Crippen molar-refractivity contribution in [2.24, 2.45) is 23.3 Å². The highest BCUT2D eigenvalue weighted by Crippen LogP contribution is 2.16. The predicted octanol–water partition coefficient (Wildman–Crippen LogP) is -2.48. The maximum absolute atomic E-state index is 14.1. The molecule has 0 saturated carbocycles. The molecule has 1 aromatic carbocycles. The van der Waals surface area contributed by atoms with Crippen LogP contribution in [0.3, 0.4) is 0 Å². The predicted molar refractivity (Wildman–Crippen MR) is 273 cm³/mol. The summed E-state index contributed by atoms with van der Waals surface area (Å²) in [5, 5.41) is 51.9. The molecule has 0 radical (unpaired) electrons. The van der Waals surface area contributed by atoms with E-state index in [1.54, 1.807) is 46.1 Å². The first-order valence-electron chi connectivity index (χ1n) is 24.8. The molecule has 1 aliphatic heterocycles. The first-order chi connectivity index (χ1) is 35.3. The summed E-state index contributed by atoms with van der Waals surface area (Å²) in [6.07, 6.45) is 0.575. The Morgan fingerprint density at radius 3 is 1.64 bits per heavy atom. The smallest absolute Gasteiger partial charge is 0.326 e. The Morgan fingerprint density at radius 1 is 0.653 bits per heavy atom. The molecule has 418 valence electrons. The summed E-state index contributed by atoms with van der Waals surface area (Å²) >= 11 is 1.31. The van der Waals surface area contributed by atoms with Gasteiger partial charge in [0.25, 0.3) is 0 Å². The molecule has 16 N–H and O–H groups in total. The van der Waals surface area contributed by atoms with E-state index in [9.17, 15) is 72.9 Å². The summed E-state index contributed by atoms with van der Waals surface area (Å²) < 4.78 is 0. The first-order valence-corrected chi connectivity index (χ1v) is 26.2. The number of hydrogen-bond donors (Lipinski definition) is 14. The molecule has 1 aromatic rings. The zero-order chi connectivity index (χ0) is 56.4. The van der Waals surface area contributed by atoms with Crippen LogP contribution >= 0.6 is 11.8 Å². The number of aromatic hydroxyl groups is 1. The summed E-state index contributed by atoms with van der Waals surface area (Å²) in [5.74, 6) is -11.8. The average molecular weight is 1080 g/mol. The van der Waals surface area contributed by atoms with E-state index in [2.05, 4.69) is 47.9 Å². The van der Waals surface area contributed by atoms with Crippen molar-refractivity contribution in [2.45, 2.75) is 153 Å². The van der Waals surface area contributed by atoms with Gasteiger partial charge in [-0.05, 0) is 93.0 Å². The number of primary amides is 2. The Bertz CT molecular complexity index is 2160. The van der Waals surface area contributed by atoms with Gasteiger partial charge in [0.05, 0.1) is 12.6 Å². The second-order valence-electron chi connectivity index (χ2n) is 18.7. The summed E-state index contributed by atoms with van der Waals surface area (Å²) in [6.45, 7) is 6.64. The van der Waals surface area contributed by atoms with E-state index in [0.717, 1.165) is 6.42 Å². The van der Waals surface area contributed by atoms with Gasteiger partial charge in [0.2, 0.25) is 59.1 Å². The van der Waals surface area contributed by atoms with Crippen LogP contribution in [0.4, 0.5) is 0 Å². The number of carbonyl (C=O) groups is 12. The van der Waals surface area contributed by atoms with Crippen LogP contribution in [-0.4, -0.2) is 160 Å². The maximum Gasteiger partial charge on any atom is 0.326 e. The fraction of sp³-hybridized carbons (Fsp3) is 0.625. The largest absolute Gasteiger partial charge is 0.508 e. The summed E-state index contributed by atoms with van der Waals surface area (Å²) in [7, 11) is 0. The molecule has 0 unspecified atom stereocenters. The van der Waals surface area contributed by atoms with Gasteiger partial charge in [-0.3, -0.25) is 52.7 Å². The van der Waals surface area contributed by atoms with Crippen LogP contribution in [0.2, 0.25) is 0 Å². The van der Waals surface area contributed by atoms with Gasteiger partial charge in [-0.1, -0.05) is 46.2 Å². The lowest BCUT2D eigenvalue weighted by atomic mass is 9.96. The minimum absolute atomic E-state index is 0.000646. The lowest BCUT2D eigenvalue weighted by Crippen LogP contribution is -2.60. The number of carboxylic acid groups (broad SMARTS) is 2. The number of aliphatic carboxylic acids is 2. The number of nitrogens with two attached hydrogens (primary N) is 2. The van der Waals surface area contributed by atoms with Crippen LogP contribution in [0.5, 0.6) is 5.75 Å². The normalized spacial score (nSPS) is 16.2. The highest BCUT2D eigenvalue weighted by Gasteiger charge is 2.36. The van der Waals surface area contributed by atoms with Crippen LogP contribution in [0.25, 0.3) is 0 Å². The molecule has 0 aliphatic carbocycles. The van der Waals surface area contributed by atoms with Gasteiger partial charge in [-0.15, -0.1) is 0 Å². The molecule has 9 atom stereocenters. The Hall–Kier alpha value is -7.03. The van der Waals surface area contributed by atoms with E-state index in [-0.39, 0.29) is 43.8 Å². The number of phenols is 1. The number of rotatable bonds is 35. The van der Waals surface area contributed by atoms with Crippen LogP contribution < -0.4 is 59.3 Å².